The quantitative estimate of drug-likeness (QED) is 0.413. The molecular formula is C23H24N2O3. The SMILES string of the molecule is C=CCc1cc(/C=C(\C#N)C(=O)Nc2cccc(C)c2)cc(OCC)c1OC. The van der Waals surface area contributed by atoms with Crippen LogP contribution in [0.25, 0.3) is 6.08 Å². The van der Waals surface area contributed by atoms with Crippen molar-refractivity contribution in [3.05, 3.63) is 71.3 Å². The average molecular weight is 376 g/mol. The number of carbonyl (C=O) groups is 1. The molecule has 1 N–H and O–H groups in total. The summed E-state index contributed by atoms with van der Waals surface area (Å²) in [6.45, 7) is 8.05. The van der Waals surface area contributed by atoms with Crippen molar-refractivity contribution in [1.82, 2.24) is 0 Å². The largest absolute Gasteiger partial charge is 0.493 e. The summed E-state index contributed by atoms with van der Waals surface area (Å²) in [4.78, 5) is 12.5. The third kappa shape index (κ3) is 5.24. The van der Waals surface area contributed by atoms with E-state index in [4.69, 9.17) is 9.47 Å². The molecule has 5 nitrogen and oxygen atoms in total. The highest BCUT2D eigenvalue weighted by atomic mass is 16.5. The van der Waals surface area contributed by atoms with Gasteiger partial charge in [0.05, 0.1) is 13.7 Å². The van der Waals surface area contributed by atoms with Gasteiger partial charge in [0.2, 0.25) is 0 Å². The maximum Gasteiger partial charge on any atom is 0.266 e. The Morgan fingerprint density at radius 3 is 2.71 bits per heavy atom. The fourth-order valence-corrected chi connectivity index (χ4v) is 2.80. The first-order valence-electron chi connectivity index (χ1n) is 8.96. The van der Waals surface area contributed by atoms with Crippen LogP contribution in [0.3, 0.4) is 0 Å². The monoisotopic (exact) mass is 376 g/mol. The molecule has 0 heterocycles. The molecule has 2 aromatic rings. The lowest BCUT2D eigenvalue weighted by Gasteiger charge is -2.14. The molecule has 144 valence electrons. The van der Waals surface area contributed by atoms with E-state index in [0.29, 0.717) is 35.8 Å². The maximum absolute atomic E-state index is 12.5. The second kappa shape index (κ2) is 9.98. The molecule has 0 saturated carbocycles. The average Bonchev–Trinajstić information content (AvgIpc) is 2.66. The molecule has 0 aromatic heterocycles. The van der Waals surface area contributed by atoms with Gasteiger partial charge in [-0.15, -0.1) is 6.58 Å². The third-order valence-corrected chi connectivity index (χ3v) is 3.97. The molecule has 2 aromatic carbocycles. The highest BCUT2D eigenvalue weighted by Crippen LogP contribution is 2.34. The van der Waals surface area contributed by atoms with Crippen LogP contribution >= 0.6 is 0 Å². The van der Waals surface area contributed by atoms with Gasteiger partial charge in [0, 0.05) is 11.3 Å². The lowest BCUT2D eigenvalue weighted by molar-refractivity contribution is -0.112. The van der Waals surface area contributed by atoms with E-state index in [0.717, 1.165) is 11.1 Å². The summed E-state index contributed by atoms with van der Waals surface area (Å²) in [6, 6.07) is 13.0. The predicted octanol–water partition coefficient (Wildman–Crippen LogP) is 4.68. The molecule has 0 aliphatic rings. The molecule has 0 atom stereocenters. The Labute approximate surface area is 165 Å². The van der Waals surface area contributed by atoms with E-state index in [1.165, 1.54) is 0 Å². The van der Waals surface area contributed by atoms with Gasteiger partial charge in [0.25, 0.3) is 5.91 Å². The van der Waals surface area contributed by atoms with E-state index in [1.807, 2.05) is 44.2 Å². The number of nitrogens with zero attached hydrogens (tertiary/aromatic N) is 1. The standard InChI is InChI=1S/C23H24N2O3/c1-5-8-18-12-17(14-21(28-6-2)22(18)27-4)13-19(15-24)23(26)25-20-10-7-9-16(3)11-20/h5,7,9-14H,1,6,8H2,2-4H3,(H,25,26)/b19-13+. The Hall–Kier alpha value is -3.52. The Morgan fingerprint density at radius 1 is 1.32 bits per heavy atom. The summed E-state index contributed by atoms with van der Waals surface area (Å²) < 4.78 is 11.1. The molecule has 0 bridgehead atoms. The first-order chi connectivity index (χ1) is 13.5. The number of methoxy groups -OCH3 is 1. The van der Waals surface area contributed by atoms with Crippen molar-refractivity contribution in [2.75, 3.05) is 19.0 Å². The third-order valence-electron chi connectivity index (χ3n) is 3.97. The fraction of sp³-hybridized carbons (Fsp3) is 0.217. The number of nitrogens with one attached hydrogen (secondary N) is 1. The number of hydrogen-bond acceptors (Lipinski definition) is 4. The van der Waals surface area contributed by atoms with Crippen molar-refractivity contribution in [3.63, 3.8) is 0 Å². The number of allylic oxidation sites excluding steroid dienone is 1. The topological polar surface area (TPSA) is 71.4 Å². The molecule has 0 aliphatic carbocycles. The van der Waals surface area contributed by atoms with Gasteiger partial charge in [0.1, 0.15) is 11.6 Å². The molecular weight excluding hydrogens is 352 g/mol. The van der Waals surface area contributed by atoms with E-state index >= 15 is 0 Å². The van der Waals surface area contributed by atoms with Gasteiger partial charge >= 0.3 is 0 Å². The summed E-state index contributed by atoms with van der Waals surface area (Å²) in [6.07, 6.45) is 3.87. The van der Waals surface area contributed by atoms with Crippen molar-refractivity contribution in [3.8, 4) is 17.6 Å². The van der Waals surface area contributed by atoms with Gasteiger partial charge < -0.3 is 14.8 Å². The van der Waals surface area contributed by atoms with Crippen LogP contribution in [0.2, 0.25) is 0 Å². The Balaban J connectivity index is 2.40. The molecule has 0 spiro atoms. The first kappa shape index (κ1) is 20.8. The van der Waals surface area contributed by atoms with Crippen molar-refractivity contribution in [1.29, 1.82) is 5.26 Å². The Kier molecular flexibility index (Phi) is 7.41. The Bertz CT molecular complexity index is 939. The number of anilines is 1. The van der Waals surface area contributed by atoms with Crippen LogP contribution in [-0.4, -0.2) is 19.6 Å². The van der Waals surface area contributed by atoms with E-state index in [-0.39, 0.29) is 5.57 Å². The molecule has 0 unspecified atom stereocenters. The van der Waals surface area contributed by atoms with Gasteiger partial charge in [-0.1, -0.05) is 18.2 Å². The summed E-state index contributed by atoms with van der Waals surface area (Å²) in [5.74, 6) is 0.723. The van der Waals surface area contributed by atoms with E-state index in [2.05, 4.69) is 11.9 Å². The Morgan fingerprint density at radius 2 is 2.11 bits per heavy atom. The lowest BCUT2D eigenvalue weighted by atomic mass is 10.0. The number of ether oxygens (including phenoxy) is 2. The van der Waals surface area contributed by atoms with Crippen LogP contribution in [0.1, 0.15) is 23.6 Å². The molecule has 28 heavy (non-hydrogen) atoms. The number of amides is 1. The zero-order valence-electron chi connectivity index (χ0n) is 16.4. The molecule has 0 fully saturated rings. The van der Waals surface area contributed by atoms with Crippen LogP contribution < -0.4 is 14.8 Å². The van der Waals surface area contributed by atoms with Gasteiger partial charge in [-0.05, 0) is 61.7 Å². The molecule has 0 radical (unpaired) electrons. The van der Waals surface area contributed by atoms with E-state index in [9.17, 15) is 10.1 Å². The van der Waals surface area contributed by atoms with E-state index in [1.54, 1.807) is 31.4 Å². The summed E-state index contributed by atoms with van der Waals surface area (Å²) >= 11 is 0. The number of aryl methyl sites for hydroxylation is 1. The fourth-order valence-electron chi connectivity index (χ4n) is 2.80. The molecule has 0 saturated heterocycles. The van der Waals surface area contributed by atoms with Gasteiger partial charge in [-0.25, -0.2) is 0 Å². The molecule has 5 heteroatoms. The number of benzene rings is 2. The summed E-state index contributed by atoms with van der Waals surface area (Å²) in [5, 5.41) is 12.2. The van der Waals surface area contributed by atoms with Crippen molar-refractivity contribution in [2.45, 2.75) is 20.3 Å². The number of rotatable bonds is 8. The number of carbonyl (C=O) groups excluding carboxylic acids is 1. The summed E-state index contributed by atoms with van der Waals surface area (Å²) in [5.41, 5.74) is 3.20. The zero-order chi connectivity index (χ0) is 20.5. The van der Waals surface area contributed by atoms with Crippen LogP contribution in [-0.2, 0) is 11.2 Å². The number of hydrogen-bond donors (Lipinski definition) is 1. The highest BCUT2D eigenvalue weighted by molar-refractivity contribution is 6.09. The highest BCUT2D eigenvalue weighted by Gasteiger charge is 2.14. The van der Waals surface area contributed by atoms with E-state index < -0.39 is 5.91 Å². The van der Waals surface area contributed by atoms with Gasteiger partial charge in [-0.3, -0.25) is 4.79 Å². The van der Waals surface area contributed by atoms with Crippen LogP contribution in [0.5, 0.6) is 11.5 Å². The van der Waals surface area contributed by atoms with Crippen LogP contribution in [0.4, 0.5) is 5.69 Å². The van der Waals surface area contributed by atoms with Gasteiger partial charge in [0.15, 0.2) is 11.5 Å². The maximum atomic E-state index is 12.5. The van der Waals surface area contributed by atoms with Crippen LogP contribution in [0.15, 0.2) is 54.6 Å². The predicted molar refractivity (Wildman–Crippen MR) is 111 cm³/mol. The first-order valence-corrected chi connectivity index (χ1v) is 8.96. The van der Waals surface area contributed by atoms with Crippen LogP contribution in [0, 0.1) is 18.3 Å². The number of nitriles is 1. The second-order valence-electron chi connectivity index (χ2n) is 6.13. The van der Waals surface area contributed by atoms with Gasteiger partial charge in [-0.2, -0.15) is 5.26 Å². The minimum atomic E-state index is -0.466. The second-order valence-corrected chi connectivity index (χ2v) is 6.13. The lowest BCUT2D eigenvalue weighted by Crippen LogP contribution is -2.13. The molecule has 0 aliphatic heterocycles. The molecule has 1 amide bonds. The minimum absolute atomic E-state index is 0.00123. The summed E-state index contributed by atoms with van der Waals surface area (Å²) in [7, 11) is 1.58. The van der Waals surface area contributed by atoms with Crippen molar-refractivity contribution in [2.24, 2.45) is 0 Å². The normalized spacial score (nSPS) is 10.7. The smallest absolute Gasteiger partial charge is 0.266 e. The zero-order valence-corrected chi connectivity index (χ0v) is 16.4. The van der Waals surface area contributed by atoms with Crippen molar-refractivity contribution >= 4 is 17.7 Å². The van der Waals surface area contributed by atoms with Crippen molar-refractivity contribution < 1.29 is 14.3 Å². The minimum Gasteiger partial charge on any atom is -0.493 e. The molecule has 2 rings (SSSR count).